The minimum Gasteiger partial charge on any atom is -0.288 e. The molecule has 0 spiro atoms. The number of amides is 2. The zero-order chi connectivity index (χ0) is 12.0. The average molecular weight is 278 g/mol. The maximum Gasteiger partial charge on any atom is 0.258 e. The first-order valence-corrected chi connectivity index (χ1v) is 5.80. The third-order valence-corrected chi connectivity index (χ3v) is 2.12. The van der Waals surface area contributed by atoms with Crippen LogP contribution in [0.1, 0.15) is 20.7 Å². The number of nitrogens with one attached hydrogen (secondary N) is 1. The predicted octanol–water partition coefficient (Wildman–Crippen LogP) is 0.223. The third-order valence-electron chi connectivity index (χ3n) is 1.73. The molecular weight excluding hydrogens is 273 g/mol. The molecule has 0 saturated carbocycles. The Morgan fingerprint density at radius 2 is 1.44 bits per heavy atom. The van der Waals surface area contributed by atoms with Crippen LogP contribution in [-0.4, -0.2) is 26.8 Å². The van der Waals surface area contributed by atoms with Crippen LogP contribution >= 0.6 is 0 Å². The normalized spacial score (nSPS) is 11.4. The van der Waals surface area contributed by atoms with Crippen LogP contribution < -0.4 is 5.32 Å². The second-order valence-electron chi connectivity index (χ2n) is 2.61. The molecule has 0 aromatic heterocycles. The predicted molar refractivity (Wildman–Crippen MR) is 55.2 cm³/mol. The minimum absolute atomic E-state index is 0.300. The van der Waals surface area contributed by atoms with Crippen LogP contribution in [0.25, 0.3) is 0 Å². The second-order valence-corrected chi connectivity index (χ2v) is 3.81. The van der Waals surface area contributed by atoms with E-state index in [0.29, 0.717) is 11.1 Å². The Hall–Kier alpha value is -2.14. The summed E-state index contributed by atoms with van der Waals surface area (Å²) < 4.78 is 0. The van der Waals surface area contributed by atoms with E-state index in [2.05, 4.69) is 5.32 Å². The Morgan fingerprint density at radius 3 is 1.75 bits per heavy atom. The summed E-state index contributed by atoms with van der Waals surface area (Å²) in [5.41, 5.74) is 0.940. The van der Waals surface area contributed by atoms with E-state index in [9.17, 15) is 9.59 Å². The van der Waals surface area contributed by atoms with Crippen LogP contribution in [0, 0.1) is 20.5 Å². The molecule has 1 aromatic rings. The van der Waals surface area contributed by atoms with Gasteiger partial charge in [0.15, 0.2) is 0 Å². The fraction of sp³-hybridized carbons (Fsp3) is 0. The Morgan fingerprint density at radius 1 is 1.00 bits per heavy atom. The number of nitriles is 2. The fourth-order valence-corrected chi connectivity index (χ4v) is 1.22. The van der Waals surface area contributed by atoms with Gasteiger partial charge in [-0.25, -0.2) is 0 Å². The first-order valence-electron chi connectivity index (χ1n) is 4.09. The number of hydrogen-bond donors (Lipinski definition) is 1. The number of imide groups is 1. The van der Waals surface area contributed by atoms with Gasteiger partial charge in [0.1, 0.15) is 0 Å². The van der Waals surface area contributed by atoms with Gasteiger partial charge in [-0.3, -0.25) is 14.9 Å². The van der Waals surface area contributed by atoms with Gasteiger partial charge in [0.25, 0.3) is 11.8 Å². The van der Waals surface area contributed by atoms with Crippen molar-refractivity contribution in [3.05, 3.63) is 35.4 Å². The van der Waals surface area contributed by atoms with Crippen LogP contribution in [0.3, 0.4) is 0 Å². The Bertz CT molecular complexity index is 469. The molecule has 2 amide bonds. The Kier molecular flexibility index (Phi) is 4.23. The number of benzene rings is 1. The number of carbonyl (C=O) groups is 2. The first kappa shape index (κ1) is 11.9. The van der Waals surface area contributed by atoms with Crippen molar-refractivity contribution in [2.45, 2.75) is 0 Å². The standard InChI is InChI=1S/C8H5NO2.C2N2Se/c10-7-5-3-1-2-4-6(5)8(11)9-7;3-1-5-2-4/h1-4H,(H,9,10,11);. The van der Waals surface area contributed by atoms with Gasteiger partial charge >= 0.3 is 35.4 Å². The molecule has 16 heavy (non-hydrogen) atoms. The second kappa shape index (κ2) is 5.67. The van der Waals surface area contributed by atoms with Crippen molar-refractivity contribution in [1.29, 1.82) is 10.5 Å². The molecule has 0 radical (unpaired) electrons. The summed E-state index contributed by atoms with van der Waals surface area (Å²) in [6, 6.07) is 6.74. The molecule has 0 saturated heterocycles. The van der Waals surface area contributed by atoms with E-state index in [0.717, 1.165) is 0 Å². The summed E-state index contributed by atoms with van der Waals surface area (Å²) in [5.74, 6) is -0.601. The van der Waals surface area contributed by atoms with Gasteiger partial charge in [-0.05, 0) is 12.1 Å². The van der Waals surface area contributed by atoms with E-state index >= 15 is 0 Å². The minimum atomic E-state index is -0.431. The number of carbonyl (C=O) groups excluding carboxylic acids is 2. The number of rotatable bonds is 0. The van der Waals surface area contributed by atoms with Crippen LogP contribution in [0.4, 0.5) is 0 Å². The quantitative estimate of drug-likeness (QED) is 0.542. The summed E-state index contributed by atoms with van der Waals surface area (Å²) in [7, 11) is 0. The monoisotopic (exact) mass is 279 g/mol. The maximum absolute atomic E-state index is 10.9. The molecule has 5 nitrogen and oxygen atoms in total. The molecule has 1 N–H and O–H groups in total. The van der Waals surface area contributed by atoms with E-state index in [1.165, 1.54) is 0 Å². The summed E-state index contributed by atoms with van der Waals surface area (Å²) in [6.07, 6.45) is 0. The average Bonchev–Trinajstić information content (AvgIpc) is 2.58. The van der Waals surface area contributed by atoms with Crippen molar-refractivity contribution >= 4 is 26.8 Å². The third kappa shape index (κ3) is 2.68. The molecule has 0 fully saturated rings. The van der Waals surface area contributed by atoms with Crippen molar-refractivity contribution in [2.75, 3.05) is 0 Å². The van der Waals surface area contributed by atoms with E-state index < -0.39 is 15.0 Å². The van der Waals surface area contributed by atoms with E-state index in [1.807, 2.05) is 0 Å². The molecule has 0 aliphatic carbocycles. The summed E-state index contributed by atoms with van der Waals surface area (Å²) in [6.45, 7) is 0. The van der Waals surface area contributed by atoms with Gasteiger partial charge in [-0.2, -0.15) is 0 Å². The number of nitrogens with zero attached hydrogens (tertiary/aromatic N) is 2. The molecular formula is C10H5N3O2Se. The van der Waals surface area contributed by atoms with Crippen LogP contribution in [0.5, 0.6) is 0 Å². The molecule has 0 bridgehead atoms. The van der Waals surface area contributed by atoms with Gasteiger partial charge in [0.05, 0.1) is 11.1 Å². The van der Waals surface area contributed by atoms with Gasteiger partial charge in [0, 0.05) is 0 Å². The fourth-order valence-electron chi connectivity index (χ4n) is 1.14. The Labute approximate surface area is 97.8 Å². The zero-order valence-corrected chi connectivity index (χ0v) is 9.64. The van der Waals surface area contributed by atoms with E-state index in [1.54, 1.807) is 34.2 Å². The number of hydrogen-bond acceptors (Lipinski definition) is 4. The smallest absolute Gasteiger partial charge is 0.258 e. The van der Waals surface area contributed by atoms with Crippen molar-refractivity contribution in [3.63, 3.8) is 0 Å². The summed E-state index contributed by atoms with van der Waals surface area (Å²) >= 11 is -0.431. The zero-order valence-electron chi connectivity index (χ0n) is 7.93. The molecule has 1 heterocycles. The van der Waals surface area contributed by atoms with Gasteiger partial charge in [-0.1, -0.05) is 12.1 Å². The molecule has 2 rings (SSSR count). The van der Waals surface area contributed by atoms with Gasteiger partial charge < -0.3 is 0 Å². The summed E-state index contributed by atoms with van der Waals surface area (Å²) in [4.78, 5) is 25.3. The molecule has 1 aliphatic rings. The first-order chi connectivity index (χ1) is 7.70. The van der Waals surface area contributed by atoms with Crippen molar-refractivity contribution < 1.29 is 9.59 Å². The van der Waals surface area contributed by atoms with Crippen molar-refractivity contribution in [3.8, 4) is 9.94 Å². The van der Waals surface area contributed by atoms with Crippen LogP contribution in [0.2, 0.25) is 0 Å². The van der Waals surface area contributed by atoms with Crippen molar-refractivity contribution in [2.24, 2.45) is 0 Å². The molecule has 1 aliphatic heterocycles. The SMILES string of the molecule is N#C[Se]C#N.O=C1NC(=O)c2ccccc21. The molecule has 1 aromatic carbocycles. The maximum atomic E-state index is 10.9. The topological polar surface area (TPSA) is 93.8 Å². The van der Waals surface area contributed by atoms with E-state index in [-0.39, 0.29) is 11.8 Å². The number of fused-ring (bicyclic) bond motifs is 1. The van der Waals surface area contributed by atoms with Crippen LogP contribution in [-0.2, 0) is 0 Å². The van der Waals surface area contributed by atoms with Crippen LogP contribution in [0.15, 0.2) is 24.3 Å². The van der Waals surface area contributed by atoms with Gasteiger partial charge in [-0.15, -0.1) is 0 Å². The molecule has 6 heteroatoms. The largest absolute Gasteiger partial charge is 0.288 e. The molecule has 78 valence electrons. The van der Waals surface area contributed by atoms with Gasteiger partial charge in [0.2, 0.25) is 0 Å². The molecule has 0 atom stereocenters. The van der Waals surface area contributed by atoms with Crippen molar-refractivity contribution in [1.82, 2.24) is 5.32 Å². The molecule has 0 unspecified atom stereocenters. The van der Waals surface area contributed by atoms with E-state index in [4.69, 9.17) is 10.5 Å². The summed E-state index contributed by atoms with van der Waals surface area (Å²) in [5, 5.41) is 17.4. The Balaban J connectivity index is 0.000000221.